The zero-order chi connectivity index (χ0) is 10.3. The van der Waals surface area contributed by atoms with Gasteiger partial charge < -0.3 is 10.6 Å². The van der Waals surface area contributed by atoms with Gasteiger partial charge >= 0.3 is 0 Å². The molecule has 0 aromatic rings. The van der Waals surface area contributed by atoms with Gasteiger partial charge in [0.1, 0.15) is 0 Å². The van der Waals surface area contributed by atoms with E-state index in [1.807, 2.05) is 0 Å². The second-order valence-electron chi connectivity index (χ2n) is 5.76. The molecule has 1 saturated carbocycles. The topological polar surface area (TPSA) is 41.6 Å². The molecule has 0 spiro atoms. The van der Waals surface area contributed by atoms with Crippen molar-refractivity contribution in [2.75, 3.05) is 6.54 Å². The van der Waals surface area contributed by atoms with Gasteiger partial charge in [-0.05, 0) is 24.7 Å². The quantitative estimate of drug-likeness (QED) is 0.727. The molecule has 3 heteroatoms. The summed E-state index contributed by atoms with van der Waals surface area (Å²) in [4.78, 5) is 6.72. The van der Waals surface area contributed by atoms with Gasteiger partial charge in [0.05, 0.1) is 12.6 Å². The average Bonchev–Trinajstić information content (AvgIpc) is 2.77. The highest BCUT2D eigenvalue weighted by Gasteiger charge is 2.39. The molecule has 2 aliphatic rings. The Morgan fingerprint density at radius 2 is 2.07 bits per heavy atom. The maximum atomic E-state index is 5.91. The monoisotopic (exact) mass is 195 g/mol. The van der Waals surface area contributed by atoms with Gasteiger partial charge in [0.25, 0.3) is 0 Å². The van der Waals surface area contributed by atoms with Gasteiger partial charge in [-0.1, -0.05) is 20.8 Å². The van der Waals surface area contributed by atoms with Crippen LogP contribution in [0.2, 0.25) is 0 Å². The lowest BCUT2D eigenvalue weighted by molar-refractivity contribution is 0.236. The third kappa shape index (κ3) is 2.02. The Bertz CT molecular complexity index is 248. The summed E-state index contributed by atoms with van der Waals surface area (Å²) in [6, 6.07) is 1.26. The Morgan fingerprint density at radius 1 is 1.43 bits per heavy atom. The molecule has 2 N–H and O–H groups in total. The molecule has 1 unspecified atom stereocenters. The van der Waals surface area contributed by atoms with Crippen LogP contribution < -0.4 is 5.73 Å². The first-order valence-electron chi connectivity index (χ1n) is 5.56. The van der Waals surface area contributed by atoms with E-state index in [2.05, 4.69) is 30.7 Å². The van der Waals surface area contributed by atoms with E-state index in [0.29, 0.717) is 17.5 Å². The first-order valence-corrected chi connectivity index (χ1v) is 5.56. The van der Waals surface area contributed by atoms with Crippen molar-refractivity contribution in [2.24, 2.45) is 16.1 Å². The van der Waals surface area contributed by atoms with E-state index < -0.39 is 0 Å². The maximum absolute atomic E-state index is 5.91. The van der Waals surface area contributed by atoms with Crippen molar-refractivity contribution in [3.63, 3.8) is 0 Å². The molecular formula is C11H21N3. The van der Waals surface area contributed by atoms with E-state index >= 15 is 0 Å². The Balaban J connectivity index is 2.00. The molecular weight excluding hydrogens is 174 g/mol. The van der Waals surface area contributed by atoms with Crippen molar-refractivity contribution in [2.45, 2.75) is 52.1 Å². The van der Waals surface area contributed by atoms with Gasteiger partial charge in [-0.25, -0.2) is 0 Å². The van der Waals surface area contributed by atoms with Crippen LogP contribution in [0.5, 0.6) is 0 Å². The van der Waals surface area contributed by atoms with E-state index in [4.69, 9.17) is 5.73 Å². The largest absolute Gasteiger partial charge is 0.370 e. The fraction of sp³-hybridized carbons (Fsp3) is 0.909. The SMILES string of the molecule is CC(C)(C)CC1CN=C(N)N1C1CC1. The number of rotatable bonds is 2. The molecule has 1 aliphatic carbocycles. The van der Waals surface area contributed by atoms with Gasteiger partial charge in [0, 0.05) is 6.04 Å². The van der Waals surface area contributed by atoms with Crippen LogP contribution in [0.4, 0.5) is 0 Å². The van der Waals surface area contributed by atoms with Crippen molar-refractivity contribution in [1.29, 1.82) is 0 Å². The zero-order valence-electron chi connectivity index (χ0n) is 9.45. The molecule has 0 amide bonds. The number of aliphatic imine (C=N–C) groups is 1. The van der Waals surface area contributed by atoms with Crippen molar-refractivity contribution in [1.82, 2.24) is 4.90 Å². The first kappa shape index (κ1) is 9.81. The van der Waals surface area contributed by atoms with Crippen molar-refractivity contribution in [3.05, 3.63) is 0 Å². The molecule has 14 heavy (non-hydrogen) atoms. The Hall–Kier alpha value is -0.730. The van der Waals surface area contributed by atoms with Crippen LogP contribution in [0.25, 0.3) is 0 Å². The van der Waals surface area contributed by atoms with Crippen LogP contribution in [0, 0.1) is 5.41 Å². The minimum Gasteiger partial charge on any atom is -0.370 e. The standard InChI is InChI=1S/C11H21N3/c1-11(2,3)6-9-7-13-10(12)14(9)8-4-5-8/h8-9H,4-7H2,1-3H3,(H2,12,13). The molecule has 0 bridgehead atoms. The summed E-state index contributed by atoms with van der Waals surface area (Å²) in [5, 5.41) is 0. The van der Waals surface area contributed by atoms with E-state index in [0.717, 1.165) is 12.5 Å². The summed E-state index contributed by atoms with van der Waals surface area (Å²) in [5.41, 5.74) is 6.28. The van der Waals surface area contributed by atoms with E-state index in [1.165, 1.54) is 19.3 Å². The fourth-order valence-electron chi connectivity index (χ4n) is 2.26. The number of hydrogen-bond acceptors (Lipinski definition) is 3. The Labute approximate surface area is 86.4 Å². The molecule has 1 heterocycles. The zero-order valence-corrected chi connectivity index (χ0v) is 9.45. The van der Waals surface area contributed by atoms with Crippen LogP contribution >= 0.6 is 0 Å². The van der Waals surface area contributed by atoms with Crippen molar-refractivity contribution in [3.8, 4) is 0 Å². The average molecular weight is 195 g/mol. The lowest BCUT2D eigenvalue weighted by Crippen LogP contribution is -2.43. The first-order chi connectivity index (χ1) is 6.47. The Morgan fingerprint density at radius 3 is 2.57 bits per heavy atom. The summed E-state index contributed by atoms with van der Waals surface area (Å²) in [5.74, 6) is 0.779. The van der Waals surface area contributed by atoms with Crippen LogP contribution in [-0.2, 0) is 0 Å². The van der Waals surface area contributed by atoms with Crippen molar-refractivity contribution < 1.29 is 0 Å². The van der Waals surface area contributed by atoms with Crippen LogP contribution in [0.15, 0.2) is 4.99 Å². The number of nitrogens with two attached hydrogens (primary N) is 1. The second-order valence-corrected chi connectivity index (χ2v) is 5.76. The van der Waals surface area contributed by atoms with Gasteiger partial charge in [-0.2, -0.15) is 0 Å². The summed E-state index contributed by atoms with van der Waals surface area (Å²) in [7, 11) is 0. The smallest absolute Gasteiger partial charge is 0.191 e. The highest BCUT2D eigenvalue weighted by molar-refractivity contribution is 5.80. The number of nitrogens with zero attached hydrogens (tertiary/aromatic N) is 2. The van der Waals surface area contributed by atoms with Crippen LogP contribution in [-0.4, -0.2) is 29.5 Å². The molecule has 0 radical (unpaired) electrons. The van der Waals surface area contributed by atoms with E-state index in [-0.39, 0.29) is 0 Å². The highest BCUT2D eigenvalue weighted by atomic mass is 15.4. The molecule has 3 nitrogen and oxygen atoms in total. The van der Waals surface area contributed by atoms with E-state index in [9.17, 15) is 0 Å². The van der Waals surface area contributed by atoms with Crippen molar-refractivity contribution >= 4 is 5.96 Å². The lowest BCUT2D eigenvalue weighted by Gasteiger charge is -2.31. The number of guanidine groups is 1. The second kappa shape index (κ2) is 3.14. The fourth-order valence-corrected chi connectivity index (χ4v) is 2.26. The molecule has 0 saturated heterocycles. The van der Waals surface area contributed by atoms with Gasteiger partial charge in [-0.3, -0.25) is 4.99 Å². The molecule has 80 valence electrons. The van der Waals surface area contributed by atoms with Crippen LogP contribution in [0.3, 0.4) is 0 Å². The third-order valence-electron chi connectivity index (χ3n) is 2.91. The third-order valence-corrected chi connectivity index (χ3v) is 2.91. The summed E-state index contributed by atoms with van der Waals surface area (Å²) < 4.78 is 0. The van der Waals surface area contributed by atoms with Gasteiger partial charge in [0.15, 0.2) is 5.96 Å². The predicted octanol–water partition coefficient (Wildman–Crippen LogP) is 1.58. The van der Waals surface area contributed by atoms with Crippen LogP contribution in [0.1, 0.15) is 40.0 Å². The lowest BCUT2D eigenvalue weighted by atomic mass is 9.88. The summed E-state index contributed by atoms with van der Waals surface area (Å²) in [6.07, 6.45) is 3.79. The predicted molar refractivity (Wildman–Crippen MR) is 59.2 cm³/mol. The molecule has 0 aromatic carbocycles. The summed E-state index contributed by atoms with van der Waals surface area (Å²) >= 11 is 0. The molecule has 2 rings (SSSR count). The minimum absolute atomic E-state index is 0.373. The molecule has 1 aliphatic heterocycles. The maximum Gasteiger partial charge on any atom is 0.191 e. The summed E-state index contributed by atoms with van der Waals surface area (Å²) in [6.45, 7) is 7.76. The number of hydrogen-bond donors (Lipinski definition) is 1. The van der Waals surface area contributed by atoms with Gasteiger partial charge in [0.2, 0.25) is 0 Å². The molecule has 1 atom stereocenters. The molecule has 1 fully saturated rings. The van der Waals surface area contributed by atoms with E-state index in [1.54, 1.807) is 0 Å². The van der Waals surface area contributed by atoms with Gasteiger partial charge in [-0.15, -0.1) is 0 Å². The highest BCUT2D eigenvalue weighted by Crippen LogP contribution is 2.34. The minimum atomic E-state index is 0.373. The Kier molecular flexibility index (Phi) is 2.20. The normalized spacial score (nSPS) is 28.1. The molecule has 0 aromatic heterocycles.